The van der Waals surface area contributed by atoms with Gasteiger partial charge in [-0.3, -0.25) is 19.7 Å². The molecule has 0 spiro atoms. The average Bonchev–Trinajstić information content (AvgIpc) is 3.03. The number of nitro groups is 1. The zero-order chi connectivity index (χ0) is 23.4. The lowest BCUT2D eigenvalue weighted by molar-refractivity contribution is -0.384. The highest BCUT2D eigenvalue weighted by Crippen LogP contribution is 2.40. The van der Waals surface area contributed by atoms with Crippen LogP contribution in [0.1, 0.15) is 29.2 Å². The number of methoxy groups -OCH3 is 2. The first-order chi connectivity index (χ1) is 15.3. The molecule has 0 radical (unpaired) electrons. The van der Waals surface area contributed by atoms with Gasteiger partial charge in [-0.05, 0) is 54.8 Å². The summed E-state index contributed by atoms with van der Waals surface area (Å²) in [5, 5.41) is 22.2. The number of amides is 1. The fourth-order valence-electron chi connectivity index (χ4n) is 3.79. The van der Waals surface area contributed by atoms with E-state index in [9.17, 15) is 24.8 Å². The van der Waals surface area contributed by atoms with Crippen molar-refractivity contribution in [3.8, 4) is 5.75 Å². The zero-order valence-electron chi connectivity index (χ0n) is 18.0. The van der Waals surface area contributed by atoms with Gasteiger partial charge < -0.3 is 19.5 Å². The number of nitrogens with zero attached hydrogens (tertiary/aromatic N) is 2. The van der Waals surface area contributed by atoms with E-state index in [-0.39, 0.29) is 23.6 Å². The molecule has 0 bridgehead atoms. The third kappa shape index (κ3) is 4.33. The van der Waals surface area contributed by atoms with Gasteiger partial charge in [0.15, 0.2) is 0 Å². The van der Waals surface area contributed by atoms with Crippen LogP contribution in [-0.2, 0) is 14.3 Å². The van der Waals surface area contributed by atoms with Crippen molar-refractivity contribution in [2.75, 3.05) is 27.4 Å². The molecule has 1 aliphatic heterocycles. The summed E-state index contributed by atoms with van der Waals surface area (Å²) in [6.45, 7) is 2.36. The number of hydrogen-bond acceptors (Lipinski definition) is 7. The molecule has 9 heteroatoms. The zero-order valence-corrected chi connectivity index (χ0v) is 18.0. The SMILES string of the molecule is COCCCN1C(=O)C(=O)/C(=C(/O)c2ccc(OC)cc2C)[C@@H]1c1ccc([N+](=O)[O-])cc1. The third-order valence-electron chi connectivity index (χ3n) is 5.40. The van der Waals surface area contributed by atoms with Gasteiger partial charge in [-0.2, -0.15) is 0 Å². The minimum absolute atomic E-state index is 0.0606. The number of nitro benzene ring substituents is 1. The predicted molar refractivity (Wildman–Crippen MR) is 116 cm³/mol. The number of ether oxygens (including phenoxy) is 2. The molecule has 1 N–H and O–H groups in total. The number of benzene rings is 2. The lowest BCUT2D eigenvalue weighted by Gasteiger charge is -2.25. The van der Waals surface area contributed by atoms with Crippen LogP contribution in [-0.4, -0.2) is 54.0 Å². The van der Waals surface area contributed by atoms with Crippen LogP contribution in [0.4, 0.5) is 5.69 Å². The Balaban J connectivity index is 2.14. The van der Waals surface area contributed by atoms with Crippen LogP contribution in [0.5, 0.6) is 5.75 Å². The summed E-state index contributed by atoms with van der Waals surface area (Å²) in [7, 11) is 3.06. The average molecular weight is 440 g/mol. The van der Waals surface area contributed by atoms with Gasteiger partial charge in [-0.25, -0.2) is 0 Å². The fourth-order valence-corrected chi connectivity index (χ4v) is 3.79. The number of carbonyl (C=O) groups excluding carboxylic acids is 2. The van der Waals surface area contributed by atoms with E-state index in [1.165, 1.54) is 43.4 Å². The summed E-state index contributed by atoms with van der Waals surface area (Å²) < 4.78 is 10.2. The number of ketones is 1. The molecule has 1 saturated heterocycles. The van der Waals surface area contributed by atoms with E-state index in [0.29, 0.717) is 35.5 Å². The summed E-state index contributed by atoms with van der Waals surface area (Å²) in [4.78, 5) is 37.7. The Morgan fingerprint density at radius 3 is 2.41 bits per heavy atom. The number of aliphatic hydroxyl groups is 1. The number of aryl methyl sites for hydroxylation is 1. The number of rotatable bonds is 8. The van der Waals surface area contributed by atoms with Crippen LogP contribution in [0, 0.1) is 17.0 Å². The maximum Gasteiger partial charge on any atom is 0.295 e. The van der Waals surface area contributed by atoms with E-state index in [1.54, 1.807) is 25.1 Å². The van der Waals surface area contributed by atoms with Gasteiger partial charge in [-0.15, -0.1) is 0 Å². The first-order valence-electron chi connectivity index (χ1n) is 9.96. The first-order valence-corrected chi connectivity index (χ1v) is 9.96. The maximum absolute atomic E-state index is 13.0. The second kappa shape index (κ2) is 9.61. The van der Waals surface area contributed by atoms with Gasteiger partial charge in [-0.1, -0.05) is 0 Å². The highest BCUT2D eigenvalue weighted by Gasteiger charge is 2.46. The summed E-state index contributed by atoms with van der Waals surface area (Å²) in [5.74, 6) is -1.26. The Hall–Kier alpha value is -3.72. The summed E-state index contributed by atoms with van der Waals surface area (Å²) in [6.07, 6.45) is 0.481. The number of non-ortho nitro benzene ring substituents is 1. The van der Waals surface area contributed by atoms with Crippen LogP contribution >= 0.6 is 0 Å². The van der Waals surface area contributed by atoms with Crippen molar-refractivity contribution >= 4 is 23.1 Å². The normalized spacial score (nSPS) is 17.6. The van der Waals surface area contributed by atoms with E-state index in [2.05, 4.69) is 0 Å². The van der Waals surface area contributed by atoms with Crippen molar-refractivity contribution in [2.24, 2.45) is 0 Å². The third-order valence-corrected chi connectivity index (χ3v) is 5.40. The van der Waals surface area contributed by atoms with Crippen LogP contribution in [0.25, 0.3) is 5.76 Å². The Morgan fingerprint density at radius 1 is 1.16 bits per heavy atom. The smallest absolute Gasteiger partial charge is 0.295 e. The number of carbonyl (C=O) groups is 2. The highest BCUT2D eigenvalue weighted by atomic mass is 16.6. The van der Waals surface area contributed by atoms with Gasteiger partial charge in [0.1, 0.15) is 11.5 Å². The monoisotopic (exact) mass is 440 g/mol. The first kappa shape index (κ1) is 23.0. The van der Waals surface area contributed by atoms with Crippen molar-refractivity contribution in [1.29, 1.82) is 0 Å². The van der Waals surface area contributed by atoms with E-state index in [1.807, 2.05) is 0 Å². The Labute approximate surface area is 185 Å². The number of aliphatic hydroxyl groups excluding tert-OH is 1. The van der Waals surface area contributed by atoms with E-state index >= 15 is 0 Å². The lowest BCUT2D eigenvalue weighted by atomic mass is 9.93. The molecule has 168 valence electrons. The molecule has 9 nitrogen and oxygen atoms in total. The predicted octanol–water partition coefficient (Wildman–Crippen LogP) is 3.37. The van der Waals surface area contributed by atoms with Gasteiger partial charge in [0.2, 0.25) is 0 Å². The quantitative estimate of drug-likeness (QED) is 0.167. The topological polar surface area (TPSA) is 119 Å². The molecule has 1 fully saturated rings. The molecule has 32 heavy (non-hydrogen) atoms. The summed E-state index contributed by atoms with van der Waals surface area (Å²) >= 11 is 0. The standard InChI is InChI=1S/C23H24N2O7/c1-14-13-17(32-3)9-10-18(14)21(26)19-20(15-5-7-16(8-6-15)25(29)30)24(11-4-12-31-2)23(28)22(19)27/h5-10,13,20,26H,4,11-12H2,1-3H3/b21-19+/t20-/m0/s1. The molecule has 1 heterocycles. The van der Waals surface area contributed by atoms with Crippen LogP contribution < -0.4 is 4.74 Å². The molecule has 0 aliphatic carbocycles. The second-order valence-corrected chi connectivity index (χ2v) is 7.37. The van der Waals surface area contributed by atoms with E-state index in [0.717, 1.165) is 0 Å². The van der Waals surface area contributed by atoms with Gasteiger partial charge in [0.25, 0.3) is 17.4 Å². The molecule has 3 rings (SSSR count). The van der Waals surface area contributed by atoms with Crippen molar-refractivity contribution in [3.63, 3.8) is 0 Å². The minimum Gasteiger partial charge on any atom is -0.507 e. The van der Waals surface area contributed by atoms with Crippen molar-refractivity contribution in [3.05, 3.63) is 74.8 Å². The molecular weight excluding hydrogens is 416 g/mol. The van der Waals surface area contributed by atoms with Crippen molar-refractivity contribution < 1.29 is 29.1 Å². The molecule has 1 amide bonds. The Morgan fingerprint density at radius 2 is 1.84 bits per heavy atom. The number of hydrogen-bond donors (Lipinski definition) is 1. The lowest BCUT2D eigenvalue weighted by Crippen LogP contribution is -2.31. The van der Waals surface area contributed by atoms with Crippen LogP contribution in [0.2, 0.25) is 0 Å². The molecule has 0 saturated carbocycles. The van der Waals surface area contributed by atoms with E-state index < -0.39 is 22.7 Å². The maximum atomic E-state index is 13.0. The second-order valence-electron chi connectivity index (χ2n) is 7.37. The van der Waals surface area contributed by atoms with Gasteiger partial charge >= 0.3 is 0 Å². The molecule has 2 aromatic rings. The number of likely N-dealkylation sites (tertiary alicyclic amines) is 1. The molecule has 1 aliphatic rings. The molecular formula is C23H24N2O7. The minimum atomic E-state index is -0.880. The van der Waals surface area contributed by atoms with E-state index in [4.69, 9.17) is 9.47 Å². The molecule has 0 aromatic heterocycles. The van der Waals surface area contributed by atoms with Crippen LogP contribution in [0.3, 0.4) is 0 Å². The van der Waals surface area contributed by atoms with Crippen molar-refractivity contribution in [1.82, 2.24) is 4.90 Å². The fraction of sp³-hybridized carbons (Fsp3) is 0.304. The molecule has 1 atom stereocenters. The Bertz CT molecular complexity index is 1080. The van der Waals surface area contributed by atoms with Gasteiger partial charge in [0.05, 0.1) is 23.6 Å². The van der Waals surface area contributed by atoms with Crippen LogP contribution in [0.15, 0.2) is 48.0 Å². The molecule has 0 unspecified atom stereocenters. The van der Waals surface area contributed by atoms with Crippen molar-refractivity contribution in [2.45, 2.75) is 19.4 Å². The Kier molecular flexibility index (Phi) is 6.89. The highest BCUT2D eigenvalue weighted by molar-refractivity contribution is 6.46. The molecule has 2 aromatic carbocycles. The largest absolute Gasteiger partial charge is 0.507 e. The summed E-state index contributed by atoms with van der Waals surface area (Å²) in [5.41, 5.74) is 1.37. The number of Topliss-reactive ketones (excluding diaryl/α,β-unsaturated/α-hetero) is 1. The van der Waals surface area contributed by atoms with Gasteiger partial charge in [0, 0.05) is 38.0 Å². The summed E-state index contributed by atoms with van der Waals surface area (Å²) in [6, 6.07) is 9.70.